The van der Waals surface area contributed by atoms with Crippen LogP contribution in [0.1, 0.15) is 22.5 Å². The number of carbonyl (C=O) groups is 1. The Kier molecular flexibility index (Phi) is 5.95. The average molecular weight is 521 g/mol. The molecule has 0 atom stereocenters. The number of nitrogens with one attached hydrogen (secondary N) is 1. The maximum Gasteiger partial charge on any atom is 0.323 e. The van der Waals surface area contributed by atoms with Crippen LogP contribution in [0.4, 0.5) is 8.78 Å². The predicted molar refractivity (Wildman–Crippen MR) is 138 cm³/mol. The van der Waals surface area contributed by atoms with Crippen LogP contribution in [-0.4, -0.2) is 29.0 Å². The Labute approximate surface area is 211 Å². The third-order valence-electron chi connectivity index (χ3n) is 6.33. The van der Waals surface area contributed by atoms with E-state index in [0.717, 1.165) is 16.6 Å². The first-order valence-electron chi connectivity index (χ1n) is 11.4. The van der Waals surface area contributed by atoms with Gasteiger partial charge in [0.1, 0.15) is 18.2 Å². The monoisotopic (exact) mass is 520 g/mol. The maximum absolute atomic E-state index is 13.8. The Morgan fingerprint density at radius 3 is 2.43 bits per heavy atom. The van der Waals surface area contributed by atoms with E-state index in [0.29, 0.717) is 33.3 Å². The molecule has 3 heterocycles. The minimum Gasteiger partial charge on any atom is -0.480 e. The number of carboxylic acids is 1. The van der Waals surface area contributed by atoms with Gasteiger partial charge >= 0.3 is 5.97 Å². The van der Waals surface area contributed by atoms with Gasteiger partial charge < -0.3 is 14.7 Å². The summed E-state index contributed by atoms with van der Waals surface area (Å²) in [6.45, 7) is 3.33. The molecule has 0 bridgehead atoms. The van der Waals surface area contributed by atoms with Crippen LogP contribution >= 0.6 is 0 Å². The summed E-state index contributed by atoms with van der Waals surface area (Å²) in [6, 6.07) is 17.5. The Hall–Kier alpha value is -4.24. The smallest absolute Gasteiger partial charge is 0.323 e. The Bertz CT molecular complexity index is 1850. The second-order valence-corrected chi connectivity index (χ2v) is 10.6. The SMILES string of the molecule is Cc1c(C2=CS(=O)(=O)c3ccccc32)c2ccc(F)cc2n1CC(=O)O.Cc1cc2ccc(F)cc2[nH]1. The molecule has 1 aliphatic heterocycles. The fourth-order valence-corrected chi connectivity index (χ4v) is 6.22. The van der Waals surface area contributed by atoms with E-state index in [1.807, 2.05) is 13.0 Å². The standard InChI is InChI=1S/C19H14FNO4S.C9H8FN/c1-11-19(15-10-26(24,25)17-5-3-2-4-13(15)17)14-7-6-12(20)8-16(14)21(11)9-18(22)23;1-6-4-7-2-3-8(10)5-9(7)11-6/h2-8,10H,9H2,1H3,(H,22,23);2-5,11H,1H3. The van der Waals surface area contributed by atoms with Gasteiger partial charge in [0.25, 0.3) is 0 Å². The van der Waals surface area contributed by atoms with Crippen molar-refractivity contribution in [2.24, 2.45) is 0 Å². The molecule has 0 saturated carbocycles. The van der Waals surface area contributed by atoms with Crippen molar-refractivity contribution < 1.29 is 27.1 Å². The average Bonchev–Trinajstić information content (AvgIpc) is 3.43. The van der Waals surface area contributed by atoms with Crippen molar-refractivity contribution in [3.63, 3.8) is 0 Å². The predicted octanol–water partition coefficient (Wildman–Crippen LogP) is 5.97. The molecule has 0 unspecified atom stereocenters. The number of halogens is 2. The topological polar surface area (TPSA) is 92.2 Å². The molecule has 1 aliphatic rings. The number of rotatable bonds is 3. The highest BCUT2D eigenvalue weighted by Crippen LogP contribution is 2.42. The zero-order valence-corrected chi connectivity index (χ0v) is 20.7. The summed E-state index contributed by atoms with van der Waals surface area (Å²) in [7, 11) is -3.57. The fraction of sp³-hybridized carbons (Fsp3) is 0.107. The molecule has 0 aliphatic carbocycles. The van der Waals surface area contributed by atoms with Crippen molar-refractivity contribution in [2.75, 3.05) is 0 Å². The largest absolute Gasteiger partial charge is 0.480 e. The first-order chi connectivity index (χ1) is 17.5. The third kappa shape index (κ3) is 4.42. The first kappa shape index (κ1) is 24.5. The van der Waals surface area contributed by atoms with Gasteiger partial charge in [-0.3, -0.25) is 4.79 Å². The quantitative estimate of drug-likeness (QED) is 0.307. The van der Waals surface area contributed by atoms with Crippen LogP contribution in [0.2, 0.25) is 0 Å². The van der Waals surface area contributed by atoms with Crippen LogP contribution in [0.25, 0.3) is 27.4 Å². The number of aromatic amines is 1. The molecule has 3 aromatic carbocycles. The lowest BCUT2D eigenvalue weighted by Gasteiger charge is -2.07. The van der Waals surface area contributed by atoms with Gasteiger partial charge in [-0.15, -0.1) is 0 Å². The van der Waals surface area contributed by atoms with E-state index in [4.69, 9.17) is 0 Å². The van der Waals surface area contributed by atoms with Gasteiger partial charge in [-0.25, -0.2) is 17.2 Å². The normalized spacial score (nSPS) is 13.8. The van der Waals surface area contributed by atoms with Gasteiger partial charge in [0, 0.05) is 44.4 Å². The lowest BCUT2D eigenvalue weighted by molar-refractivity contribution is -0.137. The number of nitrogens with zero attached hydrogens (tertiary/aromatic N) is 1. The van der Waals surface area contributed by atoms with Crippen molar-refractivity contribution in [1.29, 1.82) is 0 Å². The second-order valence-electron chi connectivity index (χ2n) is 8.86. The zero-order valence-electron chi connectivity index (χ0n) is 19.9. The maximum atomic E-state index is 13.8. The molecule has 37 heavy (non-hydrogen) atoms. The van der Waals surface area contributed by atoms with Crippen LogP contribution in [0.3, 0.4) is 0 Å². The van der Waals surface area contributed by atoms with Crippen LogP contribution in [-0.2, 0) is 21.2 Å². The molecule has 0 fully saturated rings. The highest BCUT2D eigenvalue weighted by molar-refractivity contribution is 7.95. The Morgan fingerprint density at radius 2 is 1.68 bits per heavy atom. The highest BCUT2D eigenvalue weighted by Gasteiger charge is 2.30. The Morgan fingerprint density at radius 1 is 0.973 bits per heavy atom. The molecule has 0 saturated heterocycles. The number of aryl methyl sites for hydroxylation is 1. The van der Waals surface area contributed by atoms with Gasteiger partial charge in [-0.2, -0.15) is 0 Å². The summed E-state index contributed by atoms with van der Waals surface area (Å²) in [5, 5.41) is 12.1. The van der Waals surface area contributed by atoms with E-state index >= 15 is 0 Å². The molecule has 0 radical (unpaired) electrons. The molecule has 0 amide bonds. The number of fused-ring (bicyclic) bond motifs is 3. The lowest BCUT2D eigenvalue weighted by Crippen LogP contribution is -2.10. The molecule has 9 heteroatoms. The van der Waals surface area contributed by atoms with Crippen molar-refractivity contribution in [3.05, 3.63) is 106 Å². The summed E-state index contributed by atoms with van der Waals surface area (Å²) in [5.41, 5.74) is 4.59. The molecule has 5 aromatic rings. The van der Waals surface area contributed by atoms with Crippen LogP contribution < -0.4 is 0 Å². The molecule has 188 valence electrons. The number of benzene rings is 3. The zero-order chi connectivity index (χ0) is 26.5. The van der Waals surface area contributed by atoms with Gasteiger partial charge in [-0.1, -0.05) is 18.2 Å². The van der Waals surface area contributed by atoms with E-state index < -0.39 is 21.6 Å². The van der Waals surface area contributed by atoms with Crippen LogP contribution in [0.15, 0.2) is 77.0 Å². The molecule has 6 rings (SSSR count). The van der Waals surface area contributed by atoms with Gasteiger partial charge in [0.2, 0.25) is 9.84 Å². The van der Waals surface area contributed by atoms with Gasteiger partial charge in [-0.05, 0) is 67.8 Å². The van der Waals surface area contributed by atoms with Crippen LogP contribution in [0, 0.1) is 25.5 Å². The molecular weight excluding hydrogens is 498 g/mol. The van der Waals surface area contributed by atoms with Gasteiger partial charge in [0.15, 0.2) is 0 Å². The molecule has 2 N–H and O–H groups in total. The molecule has 0 spiro atoms. The molecular formula is C28H22F2N2O4S. The van der Waals surface area contributed by atoms with Crippen LogP contribution in [0.5, 0.6) is 0 Å². The van der Waals surface area contributed by atoms with E-state index in [2.05, 4.69) is 4.98 Å². The van der Waals surface area contributed by atoms with Crippen molar-refractivity contribution >= 4 is 43.2 Å². The summed E-state index contributed by atoms with van der Waals surface area (Å²) >= 11 is 0. The number of aromatic nitrogens is 2. The first-order valence-corrected chi connectivity index (χ1v) is 12.9. The highest BCUT2D eigenvalue weighted by atomic mass is 32.2. The molecule has 6 nitrogen and oxygen atoms in total. The fourth-order valence-electron chi connectivity index (χ4n) is 4.79. The number of H-pyrrole nitrogens is 1. The number of hydrogen-bond donors (Lipinski definition) is 2. The number of sulfone groups is 1. The van der Waals surface area contributed by atoms with Crippen molar-refractivity contribution in [1.82, 2.24) is 9.55 Å². The summed E-state index contributed by atoms with van der Waals surface area (Å²) in [6.07, 6.45) is 0. The van der Waals surface area contributed by atoms with E-state index in [-0.39, 0.29) is 17.3 Å². The number of aliphatic carboxylic acids is 1. The van der Waals surface area contributed by atoms with E-state index in [9.17, 15) is 27.1 Å². The van der Waals surface area contributed by atoms with Crippen molar-refractivity contribution in [3.8, 4) is 0 Å². The Balaban J connectivity index is 0.000000212. The van der Waals surface area contributed by atoms with Gasteiger partial charge in [0.05, 0.1) is 10.4 Å². The summed E-state index contributed by atoms with van der Waals surface area (Å²) < 4.78 is 52.9. The lowest BCUT2D eigenvalue weighted by atomic mass is 9.97. The van der Waals surface area contributed by atoms with E-state index in [1.165, 1.54) is 34.2 Å². The number of hydrogen-bond acceptors (Lipinski definition) is 3. The van der Waals surface area contributed by atoms with Crippen molar-refractivity contribution in [2.45, 2.75) is 25.3 Å². The molecule has 2 aromatic heterocycles. The third-order valence-corrected chi connectivity index (χ3v) is 7.84. The van der Waals surface area contributed by atoms with E-state index in [1.54, 1.807) is 43.3 Å². The summed E-state index contributed by atoms with van der Waals surface area (Å²) in [5.74, 6) is -1.74. The second kappa shape index (κ2) is 9.01. The minimum atomic E-state index is -3.57. The summed E-state index contributed by atoms with van der Waals surface area (Å²) in [4.78, 5) is 14.5. The number of carboxylic acid groups (broad SMARTS) is 1. The minimum absolute atomic E-state index is 0.195.